The summed E-state index contributed by atoms with van der Waals surface area (Å²) in [5.74, 6) is -1.57. The van der Waals surface area contributed by atoms with Crippen LogP contribution < -0.4 is 10.9 Å². The number of hydrogen-bond acceptors (Lipinski definition) is 5. The van der Waals surface area contributed by atoms with Crippen LogP contribution in [0.15, 0.2) is 53.3 Å². The van der Waals surface area contributed by atoms with E-state index < -0.39 is 18.5 Å². The molecule has 156 valence electrons. The number of rotatable bonds is 7. The molecule has 1 N–H and O–H groups in total. The number of carbonyl (C=O) groups is 2. The summed E-state index contributed by atoms with van der Waals surface area (Å²) in [7, 11) is 0. The predicted octanol–water partition coefficient (Wildman–Crippen LogP) is 2.63. The zero-order valence-electron chi connectivity index (χ0n) is 16.7. The lowest BCUT2D eigenvalue weighted by Crippen LogP contribution is -2.31. The van der Waals surface area contributed by atoms with Gasteiger partial charge in [-0.05, 0) is 44.0 Å². The van der Waals surface area contributed by atoms with E-state index in [0.29, 0.717) is 23.7 Å². The molecule has 3 aromatic rings. The summed E-state index contributed by atoms with van der Waals surface area (Å²) in [4.78, 5) is 37.1. The van der Waals surface area contributed by atoms with Crippen molar-refractivity contribution in [3.05, 3.63) is 76.0 Å². The first kappa shape index (κ1) is 21.2. The molecule has 0 aliphatic heterocycles. The molecule has 0 spiro atoms. The number of halogens is 1. The smallest absolute Gasteiger partial charge is 0.359 e. The molecular weight excluding hydrogens is 389 g/mol. The molecule has 1 heterocycles. The number of nitrogens with zero attached hydrogens (tertiary/aromatic N) is 2. The van der Waals surface area contributed by atoms with E-state index in [9.17, 15) is 18.8 Å². The number of amides is 1. The molecule has 0 saturated carbocycles. The number of esters is 1. The molecular formula is C22H22FN3O4. The second-order valence-corrected chi connectivity index (χ2v) is 7.04. The van der Waals surface area contributed by atoms with E-state index in [2.05, 4.69) is 10.4 Å². The highest BCUT2D eigenvalue weighted by molar-refractivity contribution is 6.02. The van der Waals surface area contributed by atoms with Crippen LogP contribution in [0.2, 0.25) is 0 Å². The highest BCUT2D eigenvalue weighted by Gasteiger charge is 2.19. The van der Waals surface area contributed by atoms with Gasteiger partial charge in [-0.25, -0.2) is 13.9 Å². The van der Waals surface area contributed by atoms with Gasteiger partial charge in [0.2, 0.25) is 0 Å². The third-order valence-electron chi connectivity index (χ3n) is 4.49. The van der Waals surface area contributed by atoms with E-state index >= 15 is 0 Å². The molecule has 0 aliphatic carbocycles. The van der Waals surface area contributed by atoms with Crippen molar-refractivity contribution in [1.29, 1.82) is 0 Å². The van der Waals surface area contributed by atoms with E-state index in [0.717, 1.165) is 5.56 Å². The molecule has 2 aromatic carbocycles. The predicted molar refractivity (Wildman–Crippen MR) is 110 cm³/mol. The number of nitrogens with one attached hydrogen (secondary N) is 1. The van der Waals surface area contributed by atoms with Crippen molar-refractivity contribution in [3.8, 4) is 0 Å². The SMILES string of the molecule is CC(C)n1nc(C(=O)OCC(=O)NCCc2ccc(F)cc2)c2ccccc2c1=O. The first-order chi connectivity index (χ1) is 14.4. The molecule has 8 heteroatoms. The van der Waals surface area contributed by atoms with Crippen LogP contribution in [-0.2, 0) is 16.0 Å². The quantitative estimate of drug-likeness (QED) is 0.604. The Bertz CT molecular complexity index is 1120. The van der Waals surface area contributed by atoms with Crippen molar-refractivity contribution in [3.63, 3.8) is 0 Å². The van der Waals surface area contributed by atoms with Gasteiger partial charge in [0.1, 0.15) is 5.82 Å². The van der Waals surface area contributed by atoms with Gasteiger partial charge in [0, 0.05) is 11.9 Å². The topological polar surface area (TPSA) is 90.3 Å². The minimum absolute atomic E-state index is 0.0157. The Morgan fingerprint density at radius 2 is 1.77 bits per heavy atom. The number of ether oxygens (including phenoxy) is 1. The monoisotopic (exact) mass is 411 g/mol. The van der Waals surface area contributed by atoms with Gasteiger partial charge in [-0.3, -0.25) is 9.59 Å². The minimum Gasteiger partial charge on any atom is -0.451 e. The normalized spacial score (nSPS) is 10.9. The summed E-state index contributed by atoms with van der Waals surface area (Å²) in [6, 6.07) is 12.4. The van der Waals surface area contributed by atoms with Crippen LogP contribution in [0.3, 0.4) is 0 Å². The van der Waals surface area contributed by atoms with Crippen molar-refractivity contribution < 1.29 is 18.7 Å². The largest absolute Gasteiger partial charge is 0.451 e. The standard InChI is InChI=1S/C22H22FN3O4/c1-14(2)26-21(28)18-6-4-3-5-17(18)20(25-26)22(29)30-13-19(27)24-12-11-15-7-9-16(23)10-8-15/h3-10,14H,11-13H2,1-2H3,(H,24,27). The maximum absolute atomic E-state index is 12.9. The van der Waals surface area contributed by atoms with Crippen LogP contribution in [0.4, 0.5) is 4.39 Å². The minimum atomic E-state index is -0.783. The average molecular weight is 411 g/mol. The fourth-order valence-electron chi connectivity index (χ4n) is 2.96. The highest BCUT2D eigenvalue weighted by atomic mass is 19.1. The van der Waals surface area contributed by atoms with Crippen molar-refractivity contribution in [1.82, 2.24) is 15.1 Å². The van der Waals surface area contributed by atoms with Gasteiger partial charge in [0.05, 0.1) is 11.4 Å². The Kier molecular flexibility index (Phi) is 6.56. The third kappa shape index (κ3) is 4.89. The van der Waals surface area contributed by atoms with E-state index in [4.69, 9.17) is 4.74 Å². The van der Waals surface area contributed by atoms with Gasteiger partial charge in [0.15, 0.2) is 12.3 Å². The molecule has 1 amide bonds. The van der Waals surface area contributed by atoms with E-state index in [1.165, 1.54) is 16.8 Å². The van der Waals surface area contributed by atoms with E-state index in [1.54, 1.807) is 50.2 Å². The van der Waals surface area contributed by atoms with E-state index in [-0.39, 0.29) is 23.1 Å². The highest BCUT2D eigenvalue weighted by Crippen LogP contribution is 2.15. The molecule has 7 nitrogen and oxygen atoms in total. The molecule has 0 unspecified atom stereocenters. The molecule has 0 bridgehead atoms. The van der Waals surface area contributed by atoms with E-state index in [1.807, 2.05) is 0 Å². The zero-order valence-corrected chi connectivity index (χ0v) is 16.7. The third-order valence-corrected chi connectivity index (χ3v) is 4.49. The lowest BCUT2D eigenvalue weighted by atomic mass is 10.1. The molecule has 1 aromatic heterocycles. The van der Waals surface area contributed by atoms with Crippen LogP contribution >= 0.6 is 0 Å². The summed E-state index contributed by atoms with van der Waals surface area (Å²) in [6.45, 7) is 3.42. The van der Waals surface area contributed by atoms with Gasteiger partial charge in [0.25, 0.3) is 11.5 Å². The molecule has 0 saturated heterocycles. The fourth-order valence-corrected chi connectivity index (χ4v) is 2.96. The molecule has 0 atom stereocenters. The summed E-state index contributed by atoms with van der Waals surface area (Å²) < 4.78 is 19.2. The maximum atomic E-state index is 12.9. The Morgan fingerprint density at radius 3 is 2.43 bits per heavy atom. The summed E-state index contributed by atoms with van der Waals surface area (Å²) in [5.41, 5.74) is 0.564. The van der Waals surface area contributed by atoms with Crippen molar-refractivity contribution in [2.45, 2.75) is 26.3 Å². The van der Waals surface area contributed by atoms with Crippen molar-refractivity contribution in [2.75, 3.05) is 13.2 Å². The number of fused-ring (bicyclic) bond motifs is 1. The number of carbonyl (C=O) groups excluding carboxylic acids is 2. The summed E-state index contributed by atoms with van der Waals surface area (Å²) >= 11 is 0. The van der Waals surface area contributed by atoms with Gasteiger partial charge >= 0.3 is 5.97 Å². The Balaban J connectivity index is 1.63. The Labute approximate surface area is 172 Å². The van der Waals surface area contributed by atoms with Gasteiger partial charge < -0.3 is 10.1 Å². The maximum Gasteiger partial charge on any atom is 0.359 e. The summed E-state index contributed by atoms with van der Waals surface area (Å²) in [6.07, 6.45) is 0.519. The first-order valence-corrected chi connectivity index (χ1v) is 9.56. The van der Waals surface area contributed by atoms with Crippen molar-refractivity contribution >= 4 is 22.6 Å². The molecule has 0 radical (unpaired) electrons. The van der Waals surface area contributed by atoms with Crippen LogP contribution in [0.5, 0.6) is 0 Å². The van der Waals surface area contributed by atoms with Crippen LogP contribution in [-0.4, -0.2) is 34.8 Å². The molecule has 30 heavy (non-hydrogen) atoms. The second kappa shape index (κ2) is 9.30. The molecule has 3 rings (SSSR count). The zero-order chi connectivity index (χ0) is 21.7. The molecule has 0 aliphatic rings. The van der Waals surface area contributed by atoms with Gasteiger partial charge in [-0.1, -0.05) is 30.3 Å². The van der Waals surface area contributed by atoms with Gasteiger partial charge in [-0.15, -0.1) is 0 Å². The van der Waals surface area contributed by atoms with Crippen LogP contribution in [0.1, 0.15) is 35.9 Å². The number of aromatic nitrogens is 2. The van der Waals surface area contributed by atoms with Crippen LogP contribution in [0.25, 0.3) is 10.8 Å². The lowest BCUT2D eigenvalue weighted by Gasteiger charge is -2.13. The first-order valence-electron chi connectivity index (χ1n) is 9.56. The van der Waals surface area contributed by atoms with Gasteiger partial charge in [-0.2, -0.15) is 5.10 Å². The van der Waals surface area contributed by atoms with Crippen molar-refractivity contribution in [2.24, 2.45) is 0 Å². The number of hydrogen-bond donors (Lipinski definition) is 1. The summed E-state index contributed by atoms with van der Waals surface area (Å²) in [5, 5.41) is 7.53. The lowest BCUT2D eigenvalue weighted by molar-refractivity contribution is -0.124. The number of benzene rings is 2. The molecule has 0 fully saturated rings. The Hall–Kier alpha value is -3.55. The second-order valence-electron chi connectivity index (χ2n) is 7.04. The van der Waals surface area contributed by atoms with Crippen LogP contribution in [0, 0.1) is 5.82 Å². The average Bonchev–Trinajstić information content (AvgIpc) is 2.73. The fraction of sp³-hybridized carbons (Fsp3) is 0.273. The Morgan fingerprint density at radius 1 is 1.10 bits per heavy atom.